The Morgan fingerprint density at radius 3 is 2.30 bits per heavy atom. The van der Waals surface area contributed by atoms with E-state index in [9.17, 15) is 23.9 Å². The van der Waals surface area contributed by atoms with Crippen molar-refractivity contribution >= 4 is 29.2 Å². The van der Waals surface area contributed by atoms with Crippen LogP contribution >= 0.6 is 0 Å². The van der Waals surface area contributed by atoms with Gasteiger partial charge in [0.25, 0.3) is 5.91 Å². The molecule has 0 aliphatic heterocycles. The van der Waals surface area contributed by atoms with Gasteiger partial charge in [0, 0.05) is 16.9 Å². The summed E-state index contributed by atoms with van der Waals surface area (Å²) in [6, 6.07) is 10.4. The summed E-state index contributed by atoms with van der Waals surface area (Å²) in [7, 11) is 0. The van der Waals surface area contributed by atoms with Gasteiger partial charge in [0.1, 0.15) is 5.82 Å². The largest absolute Gasteiger partial charge is 0.481 e. The molecule has 156 valence electrons. The summed E-state index contributed by atoms with van der Waals surface area (Å²) >= 11 is 0. The number of amides is 2. The molecule has 0 heterocycles. The number of aryl methyl sites for hydroxylation is 1. The SMILES string of the molecule is Cc1ccc(NC(=O)C2C3CCC(C3)C2C(=O)O)cc1NC(=O)c1ccc(F)cc1. The molecule has 2 aromatic carbocycles. The first-order chi connectivity index (χ1) is 14.3. The molecular formula is C23H23FN2O4. The molecule has 4 unspecified atom stereocenters. The molecule has 6 nitrogen and oxygen atoms in total. The third-order valence-electron chi connectivity index (χ3n) is 6.36. The van der Waals surface area contributed by atoms with Crippen molar-refractivity contribution in [3.63, 3.8) is 0 Å². The average Bonchev–Trinajstić information content (AvgIpc) is 3.32. The number of carbonyl (C=O) groups is 3. The molecule has 0 aromatic heterocycles. The van der Waals surface area contributed by atoms with Crippen LogP contribution < -0.4 is 10.6 Å². The molecule has 2 saturated carbocycles. The van der Waals surface area contributed by atoms with Gasteiger partial charge in [-0.25, -0.2) is 4.39 Å². The van der Waals surface area contributed by atoms with Crippen LogP contribution in [0.1, 0.15) is 35.2 Å². The van der Waals surface area contributed by atoms with E-state index in [1.165, 1.54) is 24.3 Å². The number of carbonyl (C=O) groups excluding carboxylic acids is 2. The van der Waals surface area contributed by atoms with Crippen LogP contribution in [0.5, 0.6) is 0 Å². The zero-order valence-corrected chi connectivity index (χ0v) is 16.5. The molecule has 3 N–H and O–H groups in total. The maximum absolute atomic E-state index is 13.1. The third kappa shape index (κ3) is 3.79. The summed E-state index contributed by atoms with van der Waals surface area (Å²) < 4.78 is 13.1. The number of benzene rings is 2. The van der Waals surface area contributed by atoms with Crippen LogP contribution in [0.25, 0.3) is 0 Å². The maximum Gasteiger partial charge on any atom is 0.307 e. The van der Waals surface area contributed by atoms with Crippen LogP contribution in [0, 0.1) is 36.4 Å². The zero-order chi connectivity index (χ0) is 21.4. The van der Waals surface area contributed by atoms with Crippen molar-refractivity contribution in [2.24, 2.45) is 23.7 Å². The highest BCUT2D eigenvalue weighted by Gasteiger charge is 2.53. The quantitative estimate of drug-likeness (QED) is 0.692. The number of rotatable bonds is 5. The van der Waals surface area contributed by atoms with Gasteiger partial charge in [0.15, 0.2) is 0 Å². The predicted molar refractivity (Wildman–Crippen MR) is 110 cm³/mol. The number of fused-ring (bicyclic) bond motifs is 2. The van der Waals surface area contributed by atoms with E-state index in [0.29, 0.717) is 16.9 Å². The number of hydrogen-bond acceptors (Lipinski definition) is 3. The van der Waals surface area contributed by atoms with E-state index in [4.69, 9.17) is 0 Å². The lowest BCUT2D eigenvalue weighted by molar-refractivity contribution is -0.148. The van der Waals surface area contributed by atoms with Crippen molar-refractivity contribution in [2.45, 2.75) is 26.2 Å². The Kier molecular flexibility index (Phi) is 5.28. The van der Waals surface area contributed by atoms with Crippen LogP contribution in [0.15, 0.2) is 42.5 Å². The van der Waals surface area contributed by atoms with Gasteiger partial charge < -0.3 is 15.7 Å². The number of carboxylic acid groups (broad SMARTS) is 1. The van der Waals surface area contributed by atoms with Gasteiger partial charge in [-0.3, -0.25) is 14.4 Å². The maximum atomic E-state index is 13.1. The summed E-state index contributed by atoms with van der Waals surface area (Å²) in [6.07, 6.45) is 2.55. The fourth-order valence-electron chi connectivity index (χ4n) is 4.88. The predicted octanol–water partition coefficient (Wildman–Crippen LogP) is 4.07. The smallest absolute Gasteiger partial charge is 0.307 e. The van der Waals surface area contributed by atoms with Gasteiger partial charge in [0.2, 0.25) is 5.91 Å². The second-order valence-corrected chi connectivity index (χ2v) is 8.20. The molecule has 30 heavy (non-hydrogen) atoms. The molecule has 0 radical (unpaired) electrons. The average molecular weight is 410 g/mol. The zero-order valence-electron chi connectivity index (χ0n) is 16.5. The summed E-state index contributed by atoms with van der Waals surface area (Å²) in [5, 5.41) is 15.2. The number of anilines is 2. The van der Waals surface area contributed by atoms with Gasteiger partial charge >= 0.3 is 5.97 Å². The van der Waals surface area contributed by atoms with Gasteiger partial charge in [-0.1, -0.05) is 6.07 Å². The van der Waals surface area contributed by atoms with Gasteiger partial charge in [0.05, 0.1) is 11.8 Å². The molecule has 4 rings (SSSR count). The molecule has 2 aliphatic carbocycles. The summed E-state index contributed by atoms with van der Waals surface area (Å²) in [4.78, 5) is 37.0. The summed E-state index contributed by atoms with van der Waals surface area (Å²) in [6.45, 7) is 1.82. The van der Waals surface area contributed by atoms with Gasteiger partial charge in [-0.15, -0.1) is 0 Å². The van der Waals surface area contributed by atoms with Crippen LogP contribution in [0.2, 0.25) is 0 Å². The molecular weight excluding hydrogens is 387 g/mol. The normalized spacial score (nSPS) is 24.5. The minimum atomic E-state index is -0.904. The van der Waals surface area contributed by atoms with E-state index < -0.39 is 23.6 Å². The van der Waals surface area contributed by atoms with Crippen LogP contribution in [-0.4, -0.2) is 22.9 Å². The Morgan fingerprint density at radius 2 is 1.63 bits per heavy atom. The minimum Gasteiger partial charge on any atom is -0.481 e. The molecule has 0 spiro atoms. The molecule has 2 aliphatic rings. The van der Waals surface area contributed by atoms with Crippen LogP contribution in [-0.2, 0) is 9.59 Å². The Labute approximate surface area is 173 Å². The Morgan fingerprint density at radius 1 is 0.967 bits per heavy atom. The van der Waals surface area contributed by atoms with Crippen molar-refractivity contribution in [3.8, 4) is 0 Å². The lowest BCUT2D eigenvalue weighted by Gasteiger charge is -2.27. The second kappa shape index (κ2) is 7.89. The molecule has 2 aromatic rings. The summed E-state index contributed by atoms with van der Waals surface area (Å²) in [5.41, 5.74) is 2.13. The first-order valence-corrected chi connectivity index (χ1v) is 10.0. The van der Waals surface area contributed by atoms with E-state index in [0.717, 1.165) is 24.8 Å². The highest BCUT2D eigenvalue weighted by Crippen LogP contribution is 2.52. The number of hydrogen-bond donors (Lipinski definition) is 3. The standard InChI is InChI=1S/C23H23FN2O4/c1-12-2-9-17(11-18(12)26-21(27)13-5-7-16(24)8-6-13)25-22(28)19-14-3-4-15(10-14)20(19)23(29)30/h2,5-9,11,14-15,19-20H,3-4,10H2,1H3,(H,25,28)(H,26,27)(H,29,30). The fourth-order valence-corrected chi connectivity index (χ4v) is 4.88. The van der Waals surface area contributed by atoms with Crippen molar-refractivity contribution in [1.29, 1.82) is 0 Å². The first-order valence-electron chi connectivity index (χ1n) is 10.0. The monoisotopic (exact) mass is 410 g/mol. The topological polar surface area (TPSA) is 95.5 Å². The van der Waals surface area contributed by atoms with E-state index in [1.807, 2.05) is 6.92 Å². The number of aliphatic carboxylic acids is 1. The lowest BCUT2D eigenvalue weighted by Crippen LogP contribution is -2.37. The molecule has 4 atom stereocenters. The molecule has 0 saturated heterocycles. The molecule has 7 heteroatoms. The van der Waals surface area contributed by atoms with Crippen LogP contribution in [0.3, 0.4) is 0 Å². The first kappa shape index (κ1) is 20.1. The molecule has 2 fully saturated rings. The second-order valence-electron chi connectivity index (χ2n) is 8.20. The van der Waals surface area contributed by atoms with Gasteiger partial charge in [-0.05, 0) is 80.0 Å². The van der Waals surface area contributed by atoms with Crippen molar-refractivity contribution < 1.29 is 23.9 Å². The summed E-state index contributed by atoms with van der Waals surface area (Å²) in [5.74, 6) is -2.97. The Bertz CT molecular complexity index is 1000. The van der Waals surface area contributed by atoms with Crippen molar-refractivity contribution in [1.82, 2.24) is 0 Å². The number of carboxylic acids is 1. The Hall–Kier alpha value is -3.22. The van der Waals surface area contributed by atoms with E-state index >= 15 is 0 Å². The lowest BCUT2D eigenvalue weighted by atomic mass is 9.78. The van der Waals surface area contributed by atoms with E-state index in [1.54, 1.807) is 18.2 Å². The van der Waals surface area contributed by atoms with Crippen molar-refractivity contribution in [2.75, 3.05) is 10.6 Å². The highest BCUT2D eigenvalue weighted by atomic mass is 19.1. The van der Waals surface area contributed by atoms with Gasteiger partial charge in [-0.2, -0.15) is 0 Å². The Balaban J connectivity index is 1.49. The molecule has 2 amide bonds. The molecule has 2 bridgehead atoms. The van der Waals surface area contributed by atoms with E-state index in [2.05, 4.69) is 10.6 Å². The fraction of sp³-hybridized carbons (Fsp3) is 0.348. The third-order valence-corrected chi connectivity index (χ3v) is 6.36. The van der Waals surface area contributed by atoms with Crippen LogP contribution in [0.4, 0.5) is 15.8 Å². The highest BCUT2D eigenvalue weighted by molar-refractivity contribution is 6.05. The minimum absolute atomic E-state index is 0.0758. The van der Waals surface area contributed by atoms with E-state index in [-0.39, 0.29) is 23.7 Å². The number of nitrogens with one attached hydrogen (secondary N) is 2. The number of halogens is 1. The van der Waals surface area contributed by atoms with Crippen molar-refractivity contribution in [3.05, 3.63) is 59.4 Å².